The summed E-state index contributed by atoms with van der Waals surface area (Å²) in [6, 6.07) is 79.3. The summed E-state index contributed by atoms with van der Waals surface area (Å²) in [7, 11) is 0. The Bertz CT molecular complexity index is 3130. The summed E-state index contributed by atoms with van der Waals surface area (Å²) in [6.45, 7) is 0. The van der Waals surface area contributed by atoms with Gasteiger partial charge in [0, 0.05) is 48.0 Å². The molecule has 11 aromatic rings. The van der Waals surface area contributed by atoms with Crippen LogP contribution in [-0.4, -0.2) is 4.57 Å². The van der Waals surface area contributed by atoms with E-state index in [0.717, 1.165) is 17.1 Å². The van der Waals surface area contributed by atoms with Crippen LogP contribution in [0.5, 0.6) is 0 Å². The first-order chi connectivity index (χ1) is 28.3. The monoisotopic (exact) mass is 744 g/mol. The maximum atomic E-state index is 2.48. The average molecular weight is 745 g/mol. The van der Waals surface area contributed by atoms with E-state index in [9.17, 15) is 0 Å². The number of para-hydroxylation sites is 1. The van der Waals surface area contributed by atoms with Gasteiger partial charge in [-0.2, -0.15) is 0 Å². The number of rotatable bonds is 7. The highest BCUT2D eigenvalue weighted by Crippen LogP contribution is 2.44. The number of anilines is 3. The highest BCUT2D eigenvalue weighted by molar-refractivity contribution is 7.25. The Kier molecular flexibility index (Phi) is 8.04. The summed E-state index contributed by atoms with van der Waals surface area (Å²) >= 11 is 1.87. The average Bonchev–Trinajstić information content (AvgIpc) is 3.84. The molecule has 57 heavy (non-hydrogen) atoms. The number of hydrogen-bond donors (Lipinski definition) is 0. The molecule has 0 saturated carbocycles. The number of fused-ring (bicyclic) bond motifs is 6. The molecule has 0 N–H and O–H groups in total. The lowest BCUT2D eigenvalue weighted by molar-refractivity contribution is 1.20. The van der Waals surface area contributed by atoms with Crippen molar-refractivity contribution >= 4 is 70.4 Å². The summed E-state index contributed by atoms with van der Waals surface area (Å²) < 4.78 is 5.10. The van der Waals surface area contributed by atoms with E-state index in [4.69, 9.17) is 0 Å². The van der Waals surface area contributed by atoms with E-state index in [0.29, 0.717) is 0 Å². The van der Waals surface area contributed by atoms with Gasteiger partial charge in [0.1, 0.15) is 0 Å². The zero-order valence-corrected chi connectivity index (χ0v) is 31.9. The number of aromatic nitrogens is 1. The minimum absolute atomic E-state index is 1.10. The fourth-order valence-electron chi connectivity index (χ4n) is 8.59. The van der Waals surface area contributed by atoms with E-state index >= 15 is 0 Å². The standard InChI is InChI=1S/C54H36N2S/c1-3-14-37(15-4-1)39-28-32-42(33-29-39)55(43-34-30-40(31-35-43)38-16-5-2-6-17-38)44-19-11-18-41(36-44)45-22-12-24-49-53(45)46-20-7-9-23-48(46)56(49)50-25-13-27-52-54(50)47-21-8-10-26-51(47)57-52/h1-36H. The van der Waals surface area contributed by atoms with E-state index < -0.39 is 0 Å². The number of benzene rings is 9. The van der Waals surface area contributed by atoms with E-state index in [-0.39, 0.29) is 0 Å². The number of thiophene rings is 1. The summed E-state index contributed by atoms with van der Waals surface area (Å²) in [5.74, 6) is 0. The molecule has 0 aliphatic rings. The van der Waals surface area contributed by atoms with E-state index in [2.05, 4.69) is 228 Å². The van der Waals surface area contributed by atoms with Crippen molar-refractivity contribution in [2.45, 2.75) is 0 Å². The second kappa shape index (κ2) is 13.8. The smallest absolute Gasteiger partial charge is 0.0555 e. The van der Waals surface area contributed by atoms with Crippen molar-refractivity contribution in [3.63, 3.8) is 0 Å². The SMILES string of the molecule is c1ccc(-c2ccc(N(c3ccc(-c4ccccc4)cc3)c3cccc(-c4cccc5c4c4ccccc4n5-c4cccc5sc6ccccc6c45)c3)cc2)cc1. The molecule has 3 heteroatoms. The molecule has 2 nitrogen and oxygen atoms in total. The van der Waals surface area contributed by atoms with Gasteiger partial charge in [0.25, 0.3) is 0 Å². The molecule has 0 amide bonds. The Hall–Kier alpha value is -7.20. The first-order valence-electron chi connectivity index (χ1n) is 19.4. The molecule has 268 valence electrons. The molecule has 2 aromatic heterocycles. The predicted octanol–water partition coefficient (Wildman–Crippen LogP) is 15.6. The lowest BCUT2D eigenvalue weighted by atomic mass is 9.98. The van der Waals surface area contributed by atoms with E-state index in [1.165, 1.54) is 81.0 Å². The van der Waals surface area contributed by atoms with Crippen LogP contribution in [0.15, 0.2) is 218 Å². The van der Waals surface area contributed by atoms with Crippen molar-refractivity contribution in [2.75, 3.05) is 4.90 Å². The first kappa shape index (κ1) is 33.2. The second-order valence-corrected chi connectivity index (χ2v) is 15.6. The summed E-state index contributed by atoms with van der Waals surface area (Å²) in [5, 5.41) is 5.11. The van der Waals surface area contributed by atoms with Crippen molar-refractivity contribution < 1.29 is 0 Å². The van der Waals surface area contributed by atoms with Gasteiger partial charge in [0.15, 0.2) is 0 Å². The van der Waals surface area contributed by atoms with Crippen molar-refractivity contribution in [1.29, 1.82) is 0 Å². The first-order valence-corrected chi connectivity index (χ1v) is 20.2. The normalized spacial score (nSPS) is 11.5. The Morgan fingerprint density at radius 3 is 1.56 bits per heavy atom. The van der Waals surface area contributed by atoms with Gasteiger partial charge < -0.3 is 9.47 Å². The molecule has 0 spiro atoms. The van der Waals surface area contributed by atoms with Crippen LogP contribution in [0.25, 0.3) is 81.0 Å². The number of nitrogens with zero attached hydrogens (tertiary/aromatic N) is 2. The van der Waals surface area contributed by atoms with Gasteiger partial charge in [0.2, 0.25) is 0 Å². The third-order valence-electron chi connectivity index (χ3n) is 11.2. The molecule has 0 radical (unpaired) electrons. The van der Waals surface area contributed by atoms with E-state index in [1.807, 2.05) is 11.3 Å². The van der Waals surface area contributed by atoms with Gasteiger partial charge in [-0.15, -0.1) is 11.3 Å². The van der Waals surface area contributed by atoms with Crippen molar-refractivity contribution in [2.24, 2.45) is 0 Å². The molecular formula is C54H36N2S. The summed E-state index contributed by atoms with van der Waals surface area (Å²) in [4.78, 5) is 2.37. The van der Waals surface area contributed by atoms with Gasteiger partial charge >= 0.3 is 0 Å². The van der Waals surface area contributed by atoms with E-state index in [1.54, 1.807) is 0 Å². The molecule has 0 atom stereocenters. The molecular weight excluding hydrogens is 709 g/mol. The van der Waals surface area contributed by atoms with Crippen molar-refractivity contribution in [3.8, 4) is 39.1 Å². The quantitative estimate of drug-likeness (QED) is 0.158. The molecule has 0 aliphatic heterocycles. The Labute approximate surface area is 335 Å². The fraction of sp³-hybridized carbons (Fsp3) is 0. The maximum Gasteiger partial charge on any atom is 0.0555 e. The topological polar surface area (TPSA) is 8.17 Å². The molecule has 11 rings (SSSR count). The highest BCUT2D eigenvalue weighted by atomic mass is 32.1. The van der Waals surface area contributed by atoms with Gasteiger partial charge in [-0.05, 0) is 100 Å². The summed E-state index contributed by atoms with van der Waals surface area (Å²) in [6.07, 6.45) is 0. The van der Waals surface area contributed by atoms with Crippen LogP contribution in [0.2, 0.25) is 0 Å². The number of hydrogen-bond acceptors (Lipinski definition) is 2. The maximum absolute atomic E-state index is 2.48. The predicted molar refractivity (Wildman–Crippen MR) is 245 cm³/mol. The molecule has 0 bridgehead atoms. The lowest BCUT2D eigenvalue weighted by Gasteiger charge is -2.26. The Balaban J connectivity index is 1.08. The Morgan fingerprint density at radius 1 is 0.333 bits per heavy atom. The zero-order chi connectivity index (χ0) is 37.7. The Morgan fingerprint density at radius 2 is 0.860 bits per heavy atom. The zero-order valence-electron chi connectivity index (χ0n) is 31.1. The van der Waals surface area contributed by atoms with Crippen LogP contribution in [-0.2, 0) is 0 Å². The van der Waals surface area contributed by atoms with Crippen LogP contribution >= 0.6 is 11.3 Å². The highest BCUT2D eigenvalue weighted by Gasteiger charge is 2.20. The molecule has 0 unspecified atom stereocenters. The van der Waals surface area contributed by atoms with Gasteiger partial charge in [0.05, 0.1) is 16.7 Å². The van der Waals surface area contributed by atoms with Gasteiger partial charge in [-0.1, -0.05) is 152 Å². The van der Waals surface area contributed by atoms with Crippen molar-refractivity contribution in [1.82, 2.24) is 4.57 Å². The fourth-order valence-corrected chi connectivity index (χ4v) is 9.72. The minimum atomic E-state index is 1.10. The summed E-state index contributed by atoms with van der Waals surface area (Å²) in [5.41, 5.74) is 14.1. The molecule has 0 saturated heterocycles. The molecule has 2 heterocycles. The minimum Gasteiger partial charge on any atom is -0.310 e. The molecule has 9 aromatic carbocycles. The molecule has 0 fully saturated rings. The molecule has 0 aliphatic carbocycles. The second-order valence-electron chi connectivity index (χ2n) is 14.5. The van der Waals surface area contributed by atoms with Crippen LogP contribution < -0.4 is 4.90 Å². The van der Waals surface area contributed by atoms with Crippen molar-refractivity contribution in [3.05, 3.63) is 218 Å². The largest absolute Gasteiger partial charge is 0.310 e. The van der Waals surface area contributed by atoms with Crippen LogP contribution in [0, 0.1) is 0 Å². The van der Waals surface area contributed by atoms with Crippen LogP contribution in [0.1, 0.15) is 0 Å². The lowest BCUT2D eigenvalue weighted by Crippen LogP contribution is -2.10. The van der Waals surface area contributed by atoms with Crippen LogP contribution in [0.4, 0.5) is 17.1 Å². The third kappa shape index (κ3) is 5.71. The van der Waals surface area contributed by atoms with Gasteiger partial charge in [-0.3, -0.25) is 0 Å². The third-order valence-corrected chi connectivity index (χ3v) is 12.3. The van der Waals surface area contributed by atoms with Gasteiger partial charge in [-0.25, -0.2) is 0 Å². The van der Waals surface area contributed by atoms with Crippen LogP contribution in [0.3, 0.4) is 0 Å².